The van der Waals surface area contributed by atoms with E-state index in [1.54, 1.807) is 6.33 Å². The Morgan fingerprint density at radius 1 is 1.28 bits per heavy atom. The Labute approximate surface area is 145 Å². The van der Waals surface area contributed by atoms with E-state index in [4.69, 9.17) is 5.73 Å². The molecule has 1 unspecified atom stereocenters. The van der Waals surface area contributed by atoms with Crippen LogP contribution >= 0.6 is 0 Å². The van der Waals surface area contributed by atoms with E-state index in [0.29, 0.717) is 13.1 Å². The number of imidazole rings is 1. The quantitative estimate of drug-likeness (QED) is 0.681. The second kappa shape index (κ2) is 6.32. The van der Waals surface area contributed by atoms with Crippen molar-refractivity contribution in [3.05, 3.63) is 29.5 Å². The molecule has 2 aliphatic heterocycles. The summed E-state index contributed by atoms with van der Waals surface area (Å²) in [5, 5.41) is 3.29. The Kier molecular flexibility index (Phi) is 4.00. The number of nitrogens with zero attached hydrogens (tertiary/aromatic N) is 5. The maximum atomic E-state index is 12.9. The van der Waals surface area contributed by atoms with Crippen molar-refractivity contribution in [1.82, 2.24) is 30.2 Å². The van der Waals surface area contributed by atoms with Crippen LogP contribution in [0.3, 0.4) is 0 Å². The summed E-state index contributed by atoms with van der Waals surface area (Å²) < 4.78 is 0. The summed E-state index contributed by atoms with van der Waals surface area (Å²) in [5.41, 5.74) is 8.48. The van der Waals surface area contributed by atoms with Crippen molar-refractivity contribution in [2.75, 3.05) is 43.4 Å². The van der Waals surface area contributed by atoms with Crippen molar-refractivity contribution in [3.8, 4) is 0 Å². The summed E-state index contributed by atoms with van der Waals surface area (Å²) in [4.78, 5) is 32.8. The molecular weight excluding hydrogens is 320 g/mol. The van der Waals surface area contributed by atoms with E-state index in [0.717, 1.165) is 49.0 Å². The topological polar surface area (TPSA) is 116 Å². The Morgan fingerprint density at radius 3 is 2.84 bits per heavy atom. The third-order valence-electron chi connectivity index (χ3n) is 4.77. The van der Waals surface area contributed by atoms with Crippen molar-refractivity contribution >= 4 is 17.7 Å². The number of anilines is 2. The highest BCUT2D eigenvalue weighted by Gasteiger charge is 2.33. The van der Waals surface area contributed by atoms with Crippen LogP contribution in [0.1, 0.15) is 23.1 Å². The minimum absolute atomic E-state index is 0.0890. The van der Waals surface area contributed by atoms with E-state index in [1.165, 1.54) is 0 Å². The summed E-state index contributed by atoms with van der Waals surface area (Å²) in [5.74, 6) is 1.19. The average molecular weight is 342 g/mol. The first kappa shape index (κ1) is 15.8. The van der Waals surface area contributed by atoms with Gasteiger partial charge in [0.05, 0.1) is 12.0 Å². The highest BCUT2D eigenvalue weighted by Crippen LogP contribution is 2.23. The molecule has 4 N–H and O–H groups in total. The van der Waals surface area contributed by atoms with E-state index >= 15 is 0 Å². The average Bonchev–Trinajstić information content (AvgIpc) is 3.09. The fraction of sp³-hybridized carbons (Fsp3) is 0.500. The van der Waals surface area contributed by atoms with Gasteiger partial charge >= 0.3 is 0 Å². The molecule has 1 fully saturated rings. The predicted molar refractivity (Wildman–Crippen MR) is 93.0 cm³/mol. The Hall–Kier alpha value is -2.68. The molecule has 9 heteroatoms. The van der Waals surface area contributed by atoms with E-state index < -0.39 is 0 Å². The van der Waals surface area contributed by atoms with Gasteiger partial charge in [-0.15, -0.1) is 0 Å². The molecule has 1 amide bonds. The second-order valence-electron chi connectivity index (χ2n) is 6.44. The first-order chi connectivity index (χ1) is 12.1. The molecule has 0 radical (unpaired) electrons. The summed E-state index contributed by atoms with van der Waals surface area (Å²) >= 11 is 0. The molecule has 9 nitrogen and oxygen atoms in total. The third-order valence-corrected chi connectivity index (χ3v) is 4.77. The maximum absolute atomic E-state index is 12.9. The van der Waals surface area contributed by atoms with Crippen LogP contribution in [0.4, 0.5) is 11.8 Å². The number of carbonyl (C=O) groups is 1. The summed E-state index contributed by atoms with van der Waals surface area (Å²) in [6, 6.07) is 1.57. The van der Waals surface area contributed by atoms with Crippen LogP contribution < -0.4 is 16.0 Å². The number of rotatable bonds is 2. The largest absolute Gasteiger partial charge is 0.368 e. The summed E-state index contributed by atoms with van der Waals surface area (Å²) in [7, 11) is 0. The first-order valence-corrected chi connectivity index (χ1v) is 8.52. The minimum Gasteiger partial charge on any atom is -0.368 e. The van der Waals surface area contributed by atoms with Gasteiger partial charge in [0.25, 0.3) is 0 Å². The number of hydrogen-bond acceptors (Lipinski definition) is 7. The molecule has 2 aromatic rings. The number of carbonyl (C=O) groups excluding carboxylic acids is 1. The highest BCUT2D eigenvalue weighted by molar-refractivity contribution is 5.83. The van der Waals surface area contributed by atoms with Crippen molar-refractivity contribution in [2.24, 2.45) is 0 Å². The van der Waals surface area contributed by atoms with Gasteiger partial charge in [-0.1, -0.05) is 0 Å². The molecule has 4 rings (SSSR count). The van der Waals surface area contributed by atoms with Gasteiger partial charge in [0.1, 0.15) is 11.9 Å². The lowest BCUT2D eigenvalue weighted by molar-refractivity contribution is -0.134. The number of amides is 1. The molecule has 2 aromatic heterocycles. The van der Waals surface area contributed by atoms with Crippen LogP contribution in [-0.2, 0) is 11.2 Å². The first-order valence-electron chi connectivity index (χ1n) is 8.52. The van der Waals surface area contributed by atoms with Crippen LogP contribution in [-0.4, -0.2) is 63.5 Å². The van der Waals surface area contributed by atoms with Crippen LogP contribution in [0.25, 0.3) is 0 Å². The number of H-pyrrole nitrogens is 1. The van der Waals surface area contributed by atoms with Gasteiger partial charge in [-0.05, 0) is 6.92 Å². The highest BCUT2D eigenvalue weighted by atomic mass is 16.2. The van der Waals surface area contributed by atoms with Gasteiger partial charge in [-0.3, -0.25) is 4.79 Å². The monoisotopic (exact) mass is 342 g/mol. The molecule has 1 saturated heterocycles. The fourth-order valence-corrected chi connectivity index (χ4v) is 3.50. The zero-order valence-electron chi connectivity index (χ0n) is 14.2. The molecule has 0 aromatic carbocycles. The molecule has 0 bridgehead atoms. The SMILES string of the molecule is Cc1cc(N2CCN(C(=O)C3NCCc4[nH]cnc43)CC2)nc(N)n1. The lowest BCUT2D eigenvalue weighted by Gasteiger charge is -2.37. The van der Waals surface area contributed by atoms with E-state index in [-0.39, 0.29) is 17.9 Å². The maximum Gasteiger partial charge on any atom is 0.246 e. The van der Waals surface area contributed by atoms with E-state index in [9.17, 15) is 4.79 Å². The molecule has 4 heterocycles. The van der Waals surface area contributed by atoms with Crippen LogP contribution in [0.5, 0.6) is 0 Å². The van der Waals surface area contributed by atoms with Gasteiger partial charge in [-0.25, -0.2) is 9.97 Å². The molecule has 1 atom stereocenters. The zero-order valence-corrected chi connectivity index (χ0v) is 14.2. The number of fused-ring (bicyclic) bond motifs is 1. The Bertz CT molecular complexity index is 760. The van der Waals surface area contributed by atoms with Crippen molar-refractivity contribution in [1.29, 1.82) is 0 Å². The van der Waals surface area contributed by atoms with Gasteiger partial charge < -0.3 is 25.8 Å². The minimum atomic E-state index is -0.349. The van der Waals surface area contributed by atoms with Gasteiger partial charge in [-0.2, -0.15) is 4.98 Å². The molecule has 2 aliphatic rings. The third kappa shape index (κ3) is 3.02. The number of nitrogens with one attached hydrogen (secondary N) is 2. The Morgan fingerprint density at radius 2 is 2.08 bits per heavy atom. The summed E-state index contributed by atoms with van der Waals surface area (Å²) in [6.07, 6.45) is 2.54. The van der Waals surface area contributed by atoms with Gasteiger partial charge in [0, 0.05) is 56.6 Å². The molecule has 25 heavy (non-hydrogen) atoms. The van der Waals surface area contributed by atoms with Crippen LogP contribution in [0.15, 0.2) is 12.4 Å². The summed E-state index contributed by atoms with van der Waals surface area (Å²) in [6.45, 7) is 5.44. The number of aromatic amines is 1. The van der Waals surface area contributed by atoms with E-state index in [2.05, 4.69) is 30.2 Å². The van der Waals surface area contributed by atoms with Crippen molar-refractivity contribution in [3.63, 3.8) is 0 Å². The lowest BCUT2D eigenvalue weighted by Crippen LogP contribution is -2.52. The molecule has 132 valence electrons. The fourth-order valence-electron chi connectivity index (χ4n) is 3.50. The van der Waals surface area contributed by atoms with Gasteiger partial charge in [0.2, 0.25) is 11.9 Å². The van der Waals surface area contributed by atoms with Crippen LogP contribution in [0, 0.1) is 6.92 Å². The number of aryl methyl sites for hydroxylation is 1. The smallest absolute Gasteiger partial charge is 0.246 e. The van der Waals surface area contributed by atoms with Crippen LogP contribution in [0.2, 0.25) is 0 Å². The second-order valence-corrected chi connectivity index (χ2v) is 6.44. The van der Waals surface area contributed by atoms with Gasteiger partial charge in [0.15, 0.2) is 0 Å². The standard InChI is InChI=1S/C16H22N8O/c1-10-8-12(22-16(17)21-10)23-4-6-24(7-5-23)15(25)14-13-11(2-3-18-14)19-9-20-13/h8-9,14,18H,2-7H2,1H3,(H,19,20)(H2,17,21,22). The molecule has 0 spiro atoms. The van der Waals surface area contributed by atoms with E-state index in [1.807, 2.05) is 17.9 Å². The number of nitrogens with two attached hydrogens (primary N) is 1. The molecule has 0 aliphatic carbocycles. The normalized spacial score (nSPS) is 20.4. The Balaban J connectivity index is 1.43. The van der Waals surface area contributed by atoms with Crippen molar-refractivity contribution in [2.45, 2.75) is 19.4 Å². The lowest BCUT2D eigenvalue weighted by atomic mass is 10.0. The number of aromatic nitrogens is 4. The number of piperazine rings is 1. The van der Waals surface area contributed by atoms with Crippen molar-refractivity contribution < 1.29 is 4.79 Å². The number of nitrogen functional groups attached to an aromatic ring is 1. The molecular formula is C16H22N8O. The predicted octanol–water partition coefficient (Wildman–Crippen LogP) is -0.374. The zero-order chi connectivity index (χ0) is 17.4. The number of hydrogen-bond donors (Lipinski definition) is 3. The molecule has 0 saturated carbocycles.